The first-order valence-corrected chi connectivity index (χ1v) is 6.99. The maximum Gasteiger partial charge on any atom is 0.00188 e. The topological polar surface area (TPSA) is 29.3 Å². The Hall–Kier alpha value is -0.860. The SMILES string of the molecule is Cc1ccc(CCN(C)CCCC(C)N)cc1C. The minimum Gasteiger partial charge on any atom is -0.328 e. The van der Waals surface area contributed by atoms with Gasteiger partial charge in [0.05, 0.1) is 0 Å². The van der Waals surface area contributed by atoms with E-state index >= 15 is 0 Å². The lowest BCUT2D eigenvalue weighted by Gasteiger charge is -2.17. The number of nitrogens with two attached hydrogens (primary N) is 1. The van der Waals surface area contributed by atoms with Crippen molar-refractivity contribution in [3.8, 4) is 0 Å². The van der Waals surface area contributed by atoms with Gasteiger partial charge in [0.25, 0.3) is 0 Å². The lowest BCUT2D eigenvalue weighted by molar-refractivity contribution is 0.326. The third-order valence-electron chi connectivity index (χ3n) is 3.55. The Labute approximate surface area is 112 Å². The molecule has 18 heavy (non-hydrogen) atoms. The van der Waals surface area contributed by atoms with Crippen molar-refractivity contribution < 1.29 is 0 Å². The largest absolute Gasteiger partial charge is 0.328 e. The van der Waals surface area contributed by atoms with Crippen LogP contribution in [0.4, 0.5) is 0 Å². The molecule has 0 radical (unpaired) electrons. The summed E-state index contributed by atoms with van der Waals surface area (Å²) in [6.45, 7) is 8.70. The normalized spacial score (nSPS) is 13.0. The Morgan fingerprint density at radius 1 is 1.17 bits per heavy atom. The first-order chi connectivity index (χ1) is 8.49. The van der Waals surface area contributed by atoms with Gasteiger partial charge in [-0.25, -0.2) is 0 Å². The van der Waals surface area contributed by atoms with Gasteiger partial charge in [0, 0.05) is 12.6 Å². The van der Waals surface area contributed by atoms with E-state index < -0.39 is 0 Å². The van der Waals surface area contributed by atoms with Gasteiger partial charge in [0.2, 0.25) is 0 Å². The van der Waals surface area contributed by atoms with Crippen molar-refractivity contribution in [1.29, 1.82) is 0 Å². The van der Waals surface area contributed by atoms with Crippen molar-refractivity contribution in [2.45, 2.75) is 46.1 Å². The molecule has 0 saturated heterocycles. The maximum atomic E-state index is 5.76. The Bertz CT molecular complexity index is 358. The lowest BCUT2D eigenvalue weighted by Crippen LogP contribution is -2.24. The van der Waals surface area contributed by atoms with Gasteiger partial charge in [-0.2, -0.15) is 0 Å². The summed E-state index contributed by atoms with van der Waals surface area (Å²) in [4.78, 5) is 2.40. The molecule has 0 aliphatic carbocycles. The lowest BCUT2D eigenvalue weighted by atomic mass is 10.0. The van der Waals surface area contributed by atoms with Crippen LogP contribution in [0.3, 0.4) is 0 Å². The highest BCUT2D eigenvalue weighted by Crippen LogP contribution is 2.10. The number of hydrogen-bond donors (Lipinski definition) is 1. The summed E-state index contributed by atoms with van der Waals surface area (Å²) in [5, 5.41) is 0. The van der Waals surface area contributed by atoms with E-state index in [4.69, 9.17) is 5.73 Å². The molecule has 0 amide bonds. The summed E-state index contributed by atoms with van der Waals surface area (Å²) >= 11 is 0. The number of benzene rings is 1. The van der Waals surface area contributed by atoms with E-state index in [1.165, 1.54) is 23.1 Å². The van der Waals surface area contributed by atoms with Crippen molar-refractivity contribution in [3.63, 3.8) is 0 Å². The van der Waals surface area contributed by atoms with Crippen LogP contribution in [0.15, 0.2) is 18.2 Å². The Balaban J connectivity index is 2.29. The third kappa shape index (κ3) is 5.65. The minimum atomic E-state index is 0.332. The molecule has 0 bridgehead atoms. The molecule has 1 aromatic carbocycles. The summed E-state index contributed by atoms with van der Waals surface area (Å²) in [5.74, 6) is 0. The van der Waals surface area contributed by atoms with Crippen LogP contribution in [0.2, 0.25) is 0 Å². The van der Waals surface area contributed by atoms with Crippen LogP contribution in [0, 0.1) is 13.8 Å². The maximum absolute atomic E-state index is 5.76. The summed E-state index contributed by atoms with van der Waals surface area (Å²) < 4.78 is 0. The van der Waals surface area contributed by atoms with Gasteiger partial charge in [-0.3, -0.25) is 0 Å². The average Bonchev–Trinajstić information content (AvgIpc) is 2.30. The van der Waals surface area contributed by atoms with Crippen LogP contribution in [-0.4, -0.2) is 31.1 Å². The number of nitrogens with zero attached hydrogens (tertiary/aromatic N) is 1. The van der Waals surface area contributed by atoms with Crippen molar-refractivity contribution in [3.05, 3.63) is 34.9 Å². The van der Waals surface area contributed by atoms with Gasteiger partial charge >= 0.3 is 0 Å². The molecule has 0 aliphatic heterocycles. The fourth-order valence-electron chi connectivity index (χ4n) is 2.07. The molecule has 0 aliphatic rings. The molecule has 2 heteroatoms. The predicted molar refractivity (Wildman–Crippen MR) is 80.0 cm³/mol. The zero-order valence-corrected chi connectivity index (χ0v) is 12.4. The predicted octanol–water partition coefficient (Wildman–Crippen LogP) is 2.91. The quantitative estimate of drug-likeness (QED) is 0.804. The fourth-order valence-corrected chi connectivity index (χ4v) is 2.07. The van der Waals surface area contributed by atoms with Crippen molar-refractivity contribution >= 4 is 0 Å². The molecule has 0 spiro atoms. The van der Waals surface area contributed by atoms with E-state index in [-0.39, 0.29) is 0 Å². The van der Waals surface area contributed by atoms with Crippen LogP contribution >= 0.6 is 0 Å². The standard InChI is InChI=1S/C16H28N2/c1-13-7-8-16(12-14(13)2)9-11-18(4)10-5-6-15(3)17/h7-8,12,15H,5-6,9-11,17H2,1-4H3. The zero-order chi connectivity index (χ0) is 13.5. The first kappa shape index (κ1) is 15.2. The summed E-state index contributed by atoms with van der Waals surface area (Å²) in [6, 6.07) is 7.11. The minimum absolute atomic E-state index is 0.332. The van der Waals surface area contributed by atoms with E-state index in [9.17, 15) is 0 Å². The first-order valence-electron chi connectivity index (χ1n) is 6.99. The van der Waals surface area contributed by atoms with Gasteiger partial charge in [-0.05, 0) is 70.3 Å². The molecular formula is C16H28N2. The molecule has 0 fully saturated rings. The van der Waals surface area contributed by atoms with Crippen LogP contribution in [0.25, 0.3) is 0 Å². The average molecular weight is 248 g/mol. The van der Waals surface area contributed by atoms with Gasteiger partial charge < -0.3 is 10.6 Å². The molecule has 1 unspecified atom stereocenters. The molecule has 2 nitrogen and oxygen atoms in total. The van der Waals surface area contributed by atoms with Crippen LogP contribution in [-0.2, 0) is 6.42 Å². The molecule has 2 N–H and O–H groups in total. The molecule has 0 saturated carbocycles. The summed E-state index contributed by atoms with van der Waals surface area (Å²) in [7, 11) is 2.20. The highest BCUT2D eigenvalue weighted by molar-refractivity contribution is 5.30. The van der Waals surface area contributed by atoms with E-state index in [1.54, 1.807) is 0 Å². The second-order valence-corrected chi connectivity index (χ2v) is 5.59. The van der Waals surface area contributed by atoms with Gasteiger partial charge in [-0.15, -0.1) is 0 Å². The molecular weight excluding hydrogens is 220 g/mol. The van der Waals surface area contributed by atoms with Crippen LogP contribution in [0.1, 0.15) is 36.5 Å². The molecule has 102 valence electrons. The van der Waals surface area contributed by atoms with E-state index in [0.29, 0.717) is 6.04 Å². The fraction of sp³-hybridized carbons (Fsp3) is 0.625. The molecule has 0 aromatic heterocycles. The van der Waals surface area contributed by atoms with Gasteiger partial charge in [0.15, 0.2) is 0 Å². The van der Waals surface area contributed by atoms with Crippen LogP contribution in [0.5, 0.6) is 0 Å². The van der Waals surface area contributed by atoms with Crippen molar-refractivity contribution in [2.24, 2.45) is 5.73 Å². The second-order valence-electron chi connectivity index (χ2n) is 5.59. The number of likely N-dealkylation sites (N-methyl/N-ethyl adjacent to an activating group) is 1. The van der Waals surface area contributed by atoms with Crippen molar-refractivity contribution in [1.82, 2.24) is 4.90 Å². The smallest absolute Gasteiger partial charge is 0.00188 e. The van der Waals surface area contributed by atoms with Gasteiger partial charge in [0.1, 0.15) is 0 Å². The van der Waals surface area contributed by atoms with E-state index in [0.717, 1.165) is 25.9 Å². The number of aryl methyl sites for hydroxylation is 2. The van der Waals surface area contributed by atoms with Gasteiger partial charge in [-0.1, -0.05) is 18.2 Å². The molecule has 1 rings (SSSR count). The Kier molecular flexibility index (Phi) is 6.37. The molecule has 1 atom stereocenters. The molecule has 0 heterocycles. The number of rotatable bonds is 7. The van der Waals surface area contributed by atoms with E-state index in [1.807, 2.05) is 0 Å². The second kappa shape index (κ2) is 7.55. The van der Waals surface area contributed by atoms with Crippen molar-refractivity contribution in [2.75, 3.05) is 20.1 Å². The Morgan fingerprint density at radius 3 is 2.50 bits per heavy atom. The monoisotopic (exact) mass is 248 g/mol. The molecule has 1 aromatic rings. The van der Waals surface area contributed by atoms with E-state index in [2.05, 4.69) is 50.9 Å². The summed E-state index contributed by atoms with van der Waals surface area (Å²) in [5.41, 5.74) is 9.97. The van der Waals surface area contributed by atoms with Crippen LogP contribution < -0.4 is 5.73 Å². The highest BCUT2D eigenvalue weighted by atomic mass is 15.1. The highest BCUT2D eigenvalue weighted by Gasteiger charge is 2.02. The summed E-state index contributed by atoms with van der Waals surface area (Å²) in [6.07, 6.45) is 3.45. The third-order valence-corrected chi connectivity index (χ3v) is 3.55. The zero-order valence-electron chi connectivity index (χ0n) is 12.4. The Morgan fingerprint density at radius 2 is 1.89 bits per heavy atom. The number of hydrogen-bond acceptors (Lipinski definition) is 2.